The zero-order valence-electron chi connectivity index (χ0n) is 10.3. The van der Waals surface area contributed by atoms with E-state index in [1.165, 1.54) is 12.1 Å². The molecule has 102 valence electrons. The van der Waals surface area contributed by atoms with E-state index in [0.29, 0.717) is 4.90 Å². The van der Waals surface area contributed by atoms with Crippen LogP contribution in [0.1, 0.15) is 13.8 Å². The number of halogens is 2. The average Bonchev–Trinajstić information content (AvgIpc) is 2.35. The maximum Gasteiger partial charge on any atom is 0.319 e. The van der Waals surface area contributed by atoms with Gasteiger partial charge in [0.05, 0.1) is 11.6 Å². The van der Waals surface area contributed by atoms with E-state index in [0.717, 1.165) is 17.8 Å². The van der Waals surface area contributed by atoms with Crippen LogP contribution in [0.3, 0.4) is 0 Å². The molecule has 0 aliphatic rings. The van der Waals surface area contributed by atoms with Crippen molar-refractivity contribution in [2.75, 3.05) is 6.61 Å². The first kappa shape index (κ1) is 15.7. The van der Waals surface area contributed by atoms with Crippen LogP contribution in [0.2, 0.25) is 5.02 Å². The fourth-order valence-corrected chi connectivity index (χ4v) is 2.42. The molecule has 1 rings (SSSR count). The van der Waals surface area contributed by atoms with Crippen molar-refractivity contribution < 1.29 is 18.7 Å². The number of hydrogen-bond donors (Lipinski definition) is 0. The van der Waals surface area contributed by atoms with Gasteiger partial charge < -0.3 is 4.74 Å². The maximum absolute atomic E-state index is 13.4. The average molecular weight is 304 g/mol. The van der Waals surface area contributed by atoms with Gasteiger partial charge >= 0.3 is 5.97 Å². The highest BCUT2D eigenvalue weighted by Crippen LogP contribution is 2.35. The van der Waals surface area contributed by atoms with Gasteiger partial charge in [-0.25, -0.2) is 9.18 Å². The van der Waals surface area contributed by atoms with Gasteiger partial charge in [-0.3, -0.25) is 4.79 Å². The second-order valence-corrected chi connectivity index (χ2v) is 5.24. The molecule has 1 aromatic rings. The molecule has 0 amide bonds. The first-order valence-electron chi connectivity index (χ1n) is 5.39. The van der Waals surface area contributed by atoms with Gasteiger partial charge in [-0.15, -0.1) is 11.8 Å². The molecular weight excluding hydrogens is 293 g/mol. The lowest BCUT2D eigenvalue weighted by Crippen LogP contribution is -2.16. The van der Waals surface area contributed by atoms with E-state index in [4.69, 9.17) is 16.3 Å². The number of hydrogen-bond acceptors (Lipinski definition) is 5. The normalized spacial score (nSPS) is 11.6. The monoisotopic (exact) mass is 303 g/mol. The highest BCUT2D eigenvalue weighted by atomic mass is 35.5. The molecule has 0 aliphatic heterocycles. The Morgan fingerprint density at radius 2 is 2.32 bits per heavy atom. The molecule has 7 heteroatoms. The second-order valence-electron chi connectivity index (χ2n) is 3.45. The third-order valence-electron chi connectivity index (χ3n) is 2.09. The lowest BCUT2D eigenvalue weighted by molar-refractivity contribution is -0.142. The molecule has 1 atom stereocenters. The van der Waals surface area contributed by atoms with E-state index in [2.05, 4.69) is 4.99 Å². The smallest absolute Gasteiger partial charge is 0.319 e. The largest absolute Gasteiger partial charge is 0.465 e. The van der Waals surface area contributed by atoms with Gasteiger partial charge in [-0.1, -0.05) is 11.6 Å². The lowest BCUT2D eigenvalue weighted by Gasteiger charge is -2.11. The third-order valence-corrected chi connectivity index (χ3v) is 3.65. The molecule has 0 aromatic heterocycles. The van der Waals surface area contributed by atoms with Crippen molar-refractivity contribution in [1.82, 2.24) is 0 Å². The van der Waals surface area contributed by atoms with Crippen LogP contribution in [-0.2, 0) is 14.3 Å². The summed E-state index contributed by atoms with van der Waals surface area (Å²) in [6, 6.07) is 2.33. The van der Waals surface area contributed by atoms with Crippen LogP contribution in [0.4, 0.5) is 10.1 Å². The minimum Gasteiger partial charge on any atom is -0.465 e. The SMILES string of the molecule is CCOC(=O)C(C)Sc1cc(N=C=O)c(F)cc1Cl. The number of rotatable bonds is 5. The van der Waals surface area contributed by atoms with E-state index < -0.39 is 17.0 Å². The molecule has 0 radical (unpaired) electrons. The molecule has 4 nitrogen and oxygen atoms in total. The summed E-state index contributed by atoms with van der Waals surface area (Å²) in [5.74, 6) is -1.12. The number of esters is 1. The molecular formula is C12H11ClFNO3S. The van der Waals surface area contributed by atoms with Gasteiger partial charge in [0.1, 0.15) is 10.9 Å². The number of isocyanates is 1. The van der Waals surface area contributed by atoms with Crippen LogP contribution in [0.5, 0.6) is 0 Å². The molecule has 0 saturated carbocycles. The Morgan fingerprint density at radius 3 is 2.89 bits per heavy atom. The Bertz CT molecular complexity index is 532. The number of benzene rings is 1. The Morgan fingerprint density at radius 1 is 1.63 bits per heavy atom. The Kier molecular flexibility index (Phi) is 6.02. The first-order valence-corrected chi connectivity index (χ1v) is 6.65. The summed E-state index contributed by atoms with van der Waals surface area (Å²) in [6.45, 7) is 3.63. The zero-order chi connectivity index (χ0) is 14.4. The highest BCUT2D eigenvalue weighted by molar-refractivity contribution is 8.00. The second kappa shape index (κ2) is 7.28. The Hall–Kier alpha value is -1.36. The van der Waals surface area contributed by atoms with Crippen molar-refractivity contribution >= 4 is 41.1 Å². The van der Waals surface area contributed by atoms with E-state index >= 15 is 0 Å². The van der Waals surface area contributed by atoms with Gasteiger partial charge in [-0.05, 0) is 26.0 Å². The van der Waals surface area contributed by atoms with Crippen molar-refractivity contribution in [3.05, 3.63) is 23.0 Å². The van der Waals surface area contributed by atoms with Crippen LogP contribution in [0.25, 0.3) is 0 Å². The summed E-state index contributed by atoms with van der Waals surface area (Å²) in [5.41, 5.74) is -0.169. The Balaban J connectivity index is 2.97. The van der Waals surface area contributed by atoms with E-state index in [9.17, 15) is 14.0 Å². The number of nitrogens with zero attached hydrogens (tertiary/aromatic N) is 1. The fraction of sp³-hybridized carbons (Fsp3) is 0.333. The molecule has 1 aromatic carbocycles. The van der Waals surface area contributed by atoms with E-state index in [1.807, 2.05) is 0 Å². The predicted octanol–water partition coefficient (Wildman–Crippen LogP) is 3.49. The van der Waals surface area contributed by atoms with Crippen molar-refractivity contribution in [3.63, 3.8) is 0 Å². The summed E-state index contributed by atoms with van der Waals surface area (Å²) in [6.07, 6.45) is 1.26. The summed E-state index contributed by atoms with van der Waals surface area (Å²) in [5, 5.41) is -0.362. The number of carbonyl (C=O) groups is 1. The van der Waals surface area contributed by atoms with Gasteiger partial charge in [-0.2, -0.15) is 4.99 Å². The van der Waals surface area contributed by atoms with Crippen molar-refractivity contribution in [2.45, 2.75) is 24.0 Å². The van der Waals surface area contributed by atoms with Crippen molar-refractivity contribution in [3.8, 4) is 0 Å². The van der Waals surface area contributed by atoms with Gasteiger partial charge in [0, 0.05) is 4.90 Å². The molecule has 0 N–H and O–H groups in total. The summed E-state index contributed by atoms with van der Waals surface area (Å²) in [4.78, 5) is 25.3. The fourth-order valence-electron chi connectivity index (χ4n) is 1.24. The van der Waals surface area contributed by atoms with Gasteiger partial charge in [0.15, 0.2) is 5.82 Å². The molecule has 19 heavy (non-hydrogen) atoms. The quantitative estimate of drug-likeness (QED) is 0.361. The van der Waals surface area contributed by atoms with E-state index in [1.54, 1.807) is 13.8 Å². The van der Waals surface area contributed by atoms with Gasteiger partial charge in [0.25, 0.3) is 0 Å². The zero-order valence-corrected chi connectivity index (χ0v) is 11.8. The molecule has 0 fully saturated rings. The lowest BCUT2D eigenvalue weighted by atomic mass is 10.3. The molecule has 0 spiro atoms. The number of carbonyl (C=O) groups excluding carboxylic acids is 2. The minimum atomic E-state index is -0.721. The molecule has 1 unspecified atom stereocenters. The number of aliphatic imine (C=N–C) groups is 1. The molecule has 0 saturated heterocycles. The topological polar surface area (TPSA) is 55.7 Å². The minimum absolute atomic E-state index is 0.142. The summed E-state index contributed by atoms with van der Waals surface area (Å²) < 4.78 is 18.2. The molecule has 0 aliphatic carbocycles. The Labute approximate surface area is 119 Å². The maximum atomic E-state index is 13.4. The van der Waals surface area contributed by atoms with E-state index in [-0.39, 0.29) is 17.3 Å². The summed E-state index contributed by atoms with van der Waals surface area (Å²) in [7, 11) is 0. The summed E-state index contributed by atoms with van der Waals surface area (Å²) >= 11 is 6.98. The number of ether oxygens (including phenoxy) is 1. The highest BCUT2D eigenvalue weighted by Gasteiger charge is 2.18. The predicted molar refractivity (Wildman–Crippen MR) is 71.1 cm³/mol. The van der Waals surface area contributed by atoms with Crippen LogP contribution < -0.4 is 0 Å². The van der Waals surface area contributed by atoms with Crippen molar-refractivity contribution in [1.29, 1.82) is 0 Å². The van der Waals surface area contributed by atoms with Crippen LogP contribution >= 0.6 is 23.4 Å². The number of thioether (sulfide) groups is 1. The first-order chi connectivity index (χ1) is 8.99. The molecule has 0 bridgehead atoms. The standard InChI is InChI=1S/C12H11ClFNO3S/c1-3-18-12(17)7(2)19-11-5-10(15-6-16)9(14)4-8(11)13/h4-5,7H,3H2,1-2H3. The van der Waals surface area contributed by atoms with Crippen molar-refractivity contribution in [2.24, 2.45) is 4.99 Å². The van der Waals surface area contributed by atoms with Crippen LogP contribution in [-0.4, -0.2) is 23.9 Å². The van der Waals surface area contributed by atoms with Gasteiger partial charge in [0.2, 0.25) is 6.08 Å². The molecule has 0 heterocycles. The third kappa shape index (κ3) is 4.35. The van der Waals surface area contributed by atoms with Crippen LogP contribution in [0.15, 0.2) is 22.0 Å². The van der Waals surface area contributed by atoms with Crippen LogP contribution in [0, 0.1) is 5.82 Å².